The smallest absolute Gasteiger partial charge is 0.355 e. The highest BCUT2D eigenvalue weighted by Crippen LogP contribution is 2.28. The minimum Gasteiger partial charge on any atom is -0.464 e. The number of ether oxygens (including phenoxy) is 1. The number of methoxy groups -OCH3 is 1. The van der Waals surface area contributed by atoms with E-state index in [1.165, 1.54) is 31.2 Å². The molecule has 1 aromatic heterocycles. The highest BCUT2D eigenvalue weighted by Gasteiger charge is 2.22. The summed E-state index contributed by atoms with van der Waals surface area (Å²) in [5.41, 5.74) is 5.15. The molecule has 0 spiro atoms. The van der Waals surface area contributed by atoms with Crippen molar-refractivity contribution in [1.82, 2.24) is 4.98 Å². The lowest BCUT2D eigenvalue weighted by atomic mass is 9.94. The fraction of sp³-hybridized carbons (Fsp3) is 0.250. The number of aromatic nitrogens is 1. The van der Waals surface area contributed by atoms with Gasteiger partial charge in [-0.1, -0.05) is 54.6 Å². The van der Waals surface area contributed by atoms with E-state index in [2.05, 4.69) is 17.1 Å². The van der Waals surface area contributed by atoms with Crippen LogP contribution < -0.4 is 0 Å². The third-order valence-corrected chi connectivity index (χ3v) is 4.19. The molecule has 0 bridgehead atoms. The molecule has 0 unspecified atom stereocenters. The van der Waals surface area contributed by atoms with E-state index >= 15 is 0 Å². The minimum absolute atomic E-state index is 0.300. The van der Waals surface area contributed by atoms with Crippen molar-refractivity contribution in [3.8, 4) is 0 Å². The molecular formula is C20H21NO2. The van der Waals surface area contributed by atoms with Gasteiger partial charge in [0.2, 0.25) is 0 Å². The Hall–Kier alpha value is -2.55. The molecular weight excluding hydrogens is 286 g/mol. The topological polar surface area (TPSA) is 42.1 Å². The zero-order valence-electron chi connectivity index (χ0n) is 13.3. The Labute approximate surface area is 136 Å². The Kier molecular flexibility index (Phi) is 4.77. The largest absolute Gasteiger partial charge is 0.464 e. The van der Waals surface area contributed by atoms with Crippen molar-refractivity contribution in [2.24, 2.45) is 0 Å². The summed E-state index contributed by atoms with van der Waals surface area (Å²) in [5, 5.41) is 0. The molecule has 0 saturated heterocycles. The second-order valence-corrected chi connectivity index (χ2v) is 5.70. The van der Waals surface area contributed by atoms with Crippen molar-refractivity contribution in [2.75, 3.05) is 7.11 Å². The average Bonchev–Trinajstić information content (AvgIpc) is 2.98. The molecule has 1 N–H and O–H groups in total. The molecule has 0 atom stereocenters. The van der Waals surface area contributed by atoms with Gasteiger partial charge in [-0.15, -0.1) is 0 Å². The van der Waals surface area contributed by atoms with Gasteiger partial charge in [-0.25, -0.2) is 4.79 Å². The number of H-pyrrole nitrogens is 1. The van der Waals surface area contributed by atoms with E-state index in [-0.39, 0.29) is 5.97 Å². The number of rotatable bonds is 4. The summed E-state index contributed by atoms with van der Waals surface area (Å²) in [6.45, 7) is 0. The molecule has 118 valence electrons. The molecule has 1 heterocycles. The highest BCUT2D eigenvalue weighted by molar-refractivity contribution is 5.93. The first-order valence-electron chi connectivity index (χ1n) is 8.01. The quantitative estimate of drug-likeness (QED) is 0.671. The average molecular weight is 307 g/mol. The number of esters is 1. The van der Waals surface area contributed by atoms with Gasteiger partial charge in [0.1, 0.15) is 5.69 Å². The maximum absolute atomic E-state index is 12.0. The standard InChI is InChI=1S/C20H21NO2/c1-23-20(22)19-17(16-12-7-8-14-18(16)21-19)13-6-5-11-15-9-3-2-4-10-15/h2-6,9-11,13,21H,7-8,12,14H2,1H3/b11-5+,13-6+. The monoisotopic (exact) mass is 307 g/mol. The molecule has 1 aromatic carbocycles. The van der Waals surface area contributed by atoms with Gasteiger partial charge in [0.25, 0.3) is 0 Å². The summed E-state index contributed by atoms with van der Waals surface area (Å²) >= 11 is 0. The van der Waals surface area contributed by atoms with Crippen molar-refractivity contribution < 1.29 is 9.53 Å². The van der Waals surface area contributed by atoms with Crippen LogP contribution in [0.4, 0.5) is 0 Å². The van der Waals surface area contributed by atoms with Crippen LogP contribution in [0.15, 0.2) is 42.5 Å². The van der Waals surface area contributed by atoms with Crippen LogP contribution in [0.25, 0.3) is 12.2 Å². The Balaban J connectivity index is 1.86. The van der Waals surface area contributed by atoms with E-state index in [1.807, 2.05) is 42.5 Å². The van der Waals surface area contributed by atoms with Crippen LogP contribution >= 0.6 is 0 Å². The maximum atomic E-state index is 12.0. The maximum Gasteiger partial charge on any atom is 0.355 e. The van der Waals surface area contributed by atoms with Crippen molar-refractivity contribution in [2.45, 2.75) is 25.7 Å². The molecule has 0 amide bonds. The fourth-order valence-corrected chi connectivity index (χ4v) is 3.04. The first-order valence-corrected chi connectivity index (χ1v) is 8.01. The van der Waals surface area contributed by atoms with E-state index in [4.69, 9.17) is 4.74 Å². The second kappa shape index (κ2) is 7.14. The first kappa shape index (κ1) is 15.3. The number of aromatic amines is 1. The zero-order chi connectivity index (χ0) is 16.1. The van der Waals surface area contributed by atoms with E-state index in [1.54, 1.807) is 0 Å². The van der Waals surface area contributed by atoms with Crippen molar-refractivity contribution in [3.05, 3.63) is 70.6 Å². The van der Waals surface area contributed by atoms with Crippen LogP contribution in [0.5, 0.6) is 0 Å². The number of hydrogen-bond acceptors (Lipinski definition) is 2. The molecule has 3 rings (SSSR count). The van der Waals surface area contributed by atoms with Gasteiger partial charge in [0.05, 0.1) is 7.11 Å². The molecule has 3 nitrogen and oxygen atoms in total. The molecule has 23 heavy (non-hydrogen) atoms. The van der Waals surface area contributed by atoms with Crippen molar-refractivity contribution in [1.29, 1.82) is 0 Å². The summed E-state index contributed by atoms with van der Waals surface area (Å²) in [6, 6.07) is 10.1. The highest BCUT2D eigenvalue weighted by atomic mass is 16.5. The van der Waals surface area contributed by atoms with Crippen LogP contribution in [0, 0.1) is 0 Å². The molecule has 1 aliphatic rings. The molecule has 0 saturated carbocycles. The third-order valence-electron chi connectivity index (χ3n) is 4.19. The third kappa shape index (κ3) is 3.45. The number of fused-ring (bicyclic) bond motifs is 1. The molecule has 1 aliphatic carbocycles. The lowest BCUT2D eigenvalue weighted by Crippen LogP contribution is -2.03. The van der Waals surface area contributed by atoms with E-state index in [0.29, 0.717) is 5.69 Å². The zero-order valence-corrected chi connectivity index (χ0v) is 13.3. The van der Waals surface area contributed by atoms with E-state index in [9.17, 15) is 4.79 Å². The summed E-state index contributed by atoms with van der Waals surface area (Å²) in [5.74, 6) is -0.300. The number of aryl methyl sites for hydroxylation is 1. The summed E-state index contributed by atoms with van der Waals surface area (Å²) in [4.78, 5) is 15.3. The number of allylic oxidation sites excluding steroid dienone is 2. The Morgan fingerprint density at radius 2 is 1.83 bits per heavy atom. The lowest BCUT2D eigenvalue weighted by molar-refractivity contribution is 0.0594. The molecule has 0 fully saturated rings. The van der Waals surface area contributed by atoms with Crippen LogP contribution in [0.2, 0.25) is 0 Å². The molecule has 3 heteroatoms. The van der Waals surface area contributed by atoms with Crippen molar-refractivity contribution >= 4 is 18.1 Å². The van der Waals surface area contributed by atoms with Crippen LogP contribution in [-0.2, 0) is 17.6 Å². The predicted molar refractivity (Wildman–Crippen MR) is 93.3 cm³/mol. The Morgan fingerprint density at radius 1 is 1.09 bits per heavy atom. The van der Waals surface area contributed by atoms with Crippen molar-refractivity contribution in [3.63, 3.8) is 0 Å². The number of carbonyl (C=O) groups is 1. The SMILES string of the molecule is COC(=O)c1[nH]c2c(c1/C=C/C=C/c1ccccc1)CCCC2. The van der Waals surface area contributed by atoms with E-state index < -0.39 is 0 Å². The van der Waals surface area contributed by atoms with Gasteiger partial charge in [-0.2, -0.15) is 0 Å². The predicted octanol–water partition coefficient (Wildman–Crippen LogP) is 4.41. The summed E-state index contributed by atoms with van der Waals surface area (Å²) in [6.07, 6.45) is 12.4. The van der Waals surface area contributed by atoms with Gasteiger partial charge in [0, 0.05) is 11.3 Å². The van der Waals surface area contributed by atoms with Crippen LogP contribution in [0.1, 0.15) is 45.7 Å². The lowest BCUT2D eigenvalue weighted by Gasteiger charge is -2.11. The van der Waals surface area contributed by atoms with Crippen LogP contribution in [0.3, 0.4) is 0 Å². The number of benzene rings is 1. The first-order chi connectivity index (χ1) is 11.3. The normalized spacial score (nSPS) is 14.3. The Morgan fingerprint density at radius 3 is 2.61 bits per heavy atom. The van der Waals surface area contributed by atoms with Gasteiger partial charge in [-0.05, 0) is 36.8 Å². The van der Waals surface area contributed by atoms with Crippen LogP contribution in [-0.4, -0.2) is 18.1 Å². The summed E-state index contributed by atoms with van der Waals surface area (Å²) < 4.78 is 4.91. The molecule has 2 aromatic rings. The Bertz CT molecular complexity index is 739. The number of carbonyl (C=O) groups excluding carboxylic acids is 1. The van der Waals surface area contributed by atoms with Gasteiger partial charge in [0.15, 0.2) is 0 Å². The van der Waals surface area contributed by atoms with Gasteiger partial charge < -0.3 is 9.72 Å². The fourth-order valence-electron chi connectivity index (χ4n) is 3.04. The minimum atomic E-state index is -0.300. The van der Waals surface area contributed by atoms with Gasteiger partial charge in [-0.3, -0.25) is 0 Å². The molecule has 0 radical (unpaired) electrons. The second-order valence-electron chi connectivity index (χ2n) is 5.70. The number of hydrogen-bond donors (Lipinski definition) is 1. The van der Waals surface area contributed by atoms with Gasteiger partial charge >= 0.3 is 5.97 Å². The van der Waals surface area contributed by atoms with E-state index in [0.717, 1.165) is 24.0 Å². The summed E-state index contributed by atoms with van der Waals surface area (Å²) in [7, 11) is 1.42. The molecule has 0 aliphatic heterocycles. The number of nitrogens with one attached hydrogen (secondary N) is 1.